The summed E-state index contributed by atoms with van der Waals surface area (Å²) in [6, 6.07) is 6.69. The van der Waals surface area contributed by atoms with Gasteiger partial charge < -0.3 is 9.47 Å². The van der Waals surface area contributed by atoms with E-state index in [9.17, 15) is 22.8 Å². The third-order valence-electron chi connectivity index (χ3n) is 6.73. The molecule has 1 aromatic carbocycles. The lowest BCUT2D eigenvalue weighted by Crippen LogP contribution is -2.44. The van der Waals surface area contributed by atoms with Crippen LogP contribution in [0, 0.1) is 12.7 Å². The molecule has 0 spiro atoms. The largest absolute Gasteiger partial charge is 0.443 e. The molecule has 0 N–H and O–H groups in total. The van der Waals surface area contributed by atoms with E-state index in [-0.39, 0.29) is 17.2 Å². The van der Waals surface area contributed by atoms with E-state index in [1.807, 2.05) is 0 Å². The van der Waals surface area contributed by atoms with Gasteiger partial charge in [-0.3, -0.25) is 9.67 Å². The summed E-state index contributed by atoms with van der Waals surface area (Å²) in [6.07, 6.45) is 4.01. The van der Waals surface area contributed by atoms with Gasteiger partial charge in [0.15, 0.2) is 5.65 Å². The minimum atomic E-state index is -3.23. The van der Waals surface area contributed by atoms with Crippen LogP contribution in [0.3, 0.4) is 0 Å². The highest BCUT2D eigenvalue weighted by Gasteiger charge is 2.38. The number of carbonyl (C=O) groups is 2. The molecule has 4 aromatic heterocycles. The maximum absolute atomic E-state index is 14.9. The van der Waals surface area contributed by atoms with Gasteiger partial charge in [0.2, 0.25) is 0 Å². The number of carbonyl (C=O) groups excluding carboxylic acids is 2. The van der Waals surface area contributed by atoms with Gasteiger partial charge in [0.25, 0.3) is 11.9 Å². The Balaban J connectivity index is 1.49. The maximum Gasteiger partial charge on any atom is 0.427 e. The van der Waals surface area contributed by atoms with Crippen molar-refractivity contribution in [3.8, 4) is 22.5 Å². The first-order valence-electron chi connectivity index (χ1n) is 14.9. The van der Waals surface area contributed by atoms with E-state index in [2.05, 4.69) is 20.2 Å². The van der Waals surface area contributed by atoms with E-state index in [1.54, 1.807) is 66.8 Å². The number of hydrogen-bond acceptors (Lipinski definition) is 9. The molecule has 0 saturated heterocycles. The molecule has 0 fully saturated rings. The molecule has 2 amide bonds. The van der Waals surface area contributed by atoms with Crippen LogP contribution in [0.25, 0.3) is 28.2 Å². The summed E-state index contributed by atoms with van der Waals surface area (Å²) in [5.74, 6) is -4.02. The molecule has 0 saturated carbocycles. The number of pyridine rings is 1. The quantitative estimate of drug-likeness (QED) is 0.182. The molecule has 5 rings (SSSR count). The van der Waals surface area contributed by atoms with E-state index in [1.165, 1.54) is 35.2 Å². The Morgan fingerprint density at radius 1 is 0.854 bits per heavy atom. The van der Waals surface area contributed by atoms with Crippen molar-refractivity contribution in [3.63, 3.8) is 0 Å². The molecular weight excluding hydrogens is 629 g/mol. The van der Waals surface area contributed by atoms with E-state index in [4.69, 9.17) is 14.5 Å². The molecule has 0 bridgehead atoms. The SMILES string of the molecule is Cc1nn([C@H](c2ccc(F)cc2)C(C)(F)F)cc1-c1cncc(-c2ccn3nc(N(C(=O)OC(C)(C)C)C(=O)OC(C)(C)C)nc3c2)n1. The first kappa shape index (κ1) is 34.0. The summed E-state index contributed by atoms with van der Waals surface area (Å²) in [4.78, 5) is 40.2. The number of halogens is 3. The van der Waals surface area contributed by atoms with Crippen molar-refractivity contribution in [3.05, 3.63) is 78.3 Å². The zero-order valence-electron chi connectivity index (χ0n) is 27.7. The van der Waals surface area contributed by atoms with Crippen molar-refractivity contribution in [2.75, 3.05) is 4.90 Å². The first-order valence-corrected chi connectivity index (χ1v) is 14.9. The molecule has 0 unspecified atom stereocenters. The van der Waals surface area contributed by atoms with E-state index < -0.39 is 41.2 Å². The third kappa shape index (κ3) is 7.61. The molecule has 0 aliphatic heterocycles. The molecule has 48 heavy (non-hydrogen) atoms. The van der Waals surface area contributed by atoms with Crippen LogP contribution in [-0.4, -0.2) is 63.7 Å². The number of imide groups is 1. The zero-order valence-corrected chi connectivity index (χ0v) is 27.7. The second-order valence-electron chi connectivity index (χ2n) is 13.2. The normalized spacial score (nSPS) is 13.0. The standard InChI is InChI=1S/C33H35F3N8O4/c1-19-23(18-43(40-19)27(33(8,35)36)20-9-11-22(34)12-10-20)25-17-37-16-24(38-25)21-13-14-42-26(15-21)39-28(41-42)44(29(45)47-31(2,3)4)30(46)48-32(5,6)7/h9-18,27H,1-8H3/t27-/m1/s1. The lowest BCUT2D eigenvalue weighted by Gasteiger charge is -2.26. The fraction of sp³-hybridized carbons (Fsp3) is 0.364. The second kappa shape index (κ2) is 12.4. The number of fused-ring (bicyclic) bond motifs is 1. The molecule has 0 aliphatic carbocycles. The maximum atomic E-state index is 14.9. The number of anilines is 1. The Morgan fingerprint density at radius 3 is 2.04 bits per heavy atom. The molecule has 252 valence electrons. The molecule has 1 atom stereocenters. The number of nitrogens with zero attached hydrogens (tertiary/aromatic N) is 8. The van der Waals surface area contributed by atoms with Gasteiger partial charge in [-0.15, -0.1) is 10.00 Å². The summed E-state index contributed by atoms with van der Waals surface area (Å²) >= 11 is 0. The average molecular weight is 665 g/mol. The number of ether oxygens (including phenoxy) is 2. The molecular formula is C33H35F3N8O4. The minimum absolute atomic E-state index is 0.190. The number of rotatable bonds is 6. The first-order chi connectivity index (χ1) is 22.3. The van der Waals surface area contributed by atoms with E-state index >= 15 is 0 Å². The molecule has 0 radical (unpaired) electrons. The van der Waals surface area contributed by atoms with Crippen LogP contribution in [0.5, 0.6) is 0 Å². The van der Waals surface area contributed by atoms with Crippen molar-refractivity contribution >= 4 is 23.8 Å². The van der Waals surface area contributed by atoms with Crippen LogP contribution in [0.1, 0.15) is 65.8 Å². The van der Waals surface area contributed by atoms with Crippen LogP contribution in [0.15, 0.2) is 61.2 Å². The van der Waals surface area contributed by atoms with Crippen molar-refractivity contribution in [2.45, 2.75) is 78.6 Å². The number of aromatic nitrogens is 7. The van der Waals surface area contributed by atoms with Crippen LogP contribution >= 0.6 is 0 Å². The highest BCUT2D eigenvalue weighted by molar-refractivity contribution is 6.08. The average Bonchev–Trinajstić information content (AvgIpc) is 3.54. The number of amides is 2. The van der Waals surface area contributed by atoms with Crippen LogP contribution < -0.4 is 4.90 Å². The molecule has 15 heteroatoms. The van der Waals surface area contributed by atoms with E-state index in [0.717, 1.165) is 23.7 Å². The Bertz CT molecular complexity index is 1940. The monoisotopic (exact) mass is 664 g/mol. The fourth-order valence-electron chi connectivity index (χ4n) is 4.80. The van der Waals surface area contributed by atoms with Crippen molar-refractivity contribution in [2.24, 2.45) is 0 Å². The van der Waals surface area contributed by atoms with E-state index in [0.29, 0.717) is 33.1 Å². The predicted molar refractivity (Wildman–Crippen MR) is 170 cm³/mol. The topological polar surface area (TPSA) is 130 Å². The lowest BCUT2D eigenvalue weighted by atomic mass is 10.0. The van der Waals surface area contributed by atoms with Crippen molar-refractivity contribution in [1.82, 2.24) is 34.3 Å². The summed E-state index contributed by atoms with van der Waals surface area (Å²) in [6.45, 7) is 12.4. The minimum Gasteiger partial charge on any atom is -0.443 e. The highest BCUT2D eigenvalue weighted by atomic mass is 19.3. The highest BCUT2D eigenvalue weighted by Crippen LogP contribution is 2.36. The summed E-state index contributed by atoms with van der Waals surface area (Å²) in [5, 5.41) is 8.66. The second-order valence-corrected chi connectivity index (χ2v) is 13.2. The van der Waals surface area contributed by atoms with Crippen LogP contribution in [-0.2, 0) is 9.47 Å². The Kier molecular flexibility index (Phi) is 8.75. The fourth-order valence-corrected chi connectivity index (χ4v) is 4.80. The van der Waals surface area contributed by atoms with Crippen LogP contribution in [0.4, 0.5) is 28.7 Å². The lowest BCUT2D eigenvalue weighted by molar-refractivity contribution is -0.0218. The van der Waals surface area contributed by atoms with Gasteiger partial charge in [0.1, 0.15) is 23.1 Å². The summed E-state index contributed by atoms with van der Waals surface area (Å²) in [7, 11) is 0. The number of aryl methyl sites for hydroxylation is 1. The Morgan fingerprint density at radius 2 is 1.46 bits per heavy atom. The molecule has 12 nitrogen and oxygen atoms in total. The summed E-state index contributed by atoms with van der Waals surface area (Å²) in [5.41, 5.74) is 0.875. The Labute approximate surface area is 274 Å². The van der Waals surface area contributed by atoms with Gasteiger partial charge in [-0.05, 0) is 78.3 Å². The van der Waals surface area contributed by atoms with Gasteiger partial charge >= 0.3 is 12.2 Å². The van der Waals surface area contributed by atoms with Crippen molar-refractivity contribution in [1.29, 1.82) is 0 Å². The van der Waals surface area contributed by atoms with Gasteiger partial charge in [0.05, 0.1) is 29.5 Å². The van der Waals surface area contributed by atoms with Crippen molar-refractivity contribution < 1.29 is 32.2 Å². The van der Waals surface area contributed by atoms with Gasteiger partial charge in [0, 0.05) is 30.4 Å². The van der Waals surface area contributed by atoms with Gasteiger partial charge in [-0.2, -0.15) is 10.1 Å². The third-order valence-corrected chi connectivity index (χ3v) is 6.73. The molecule has 5 aromatic rings. The number of benzene rings is 1. The Hall–Kier alpha value is -5.34. The number of alkyl halides is 2. The van der Waals surface area contributed by atoms with Crippen LogP contribution in [0.2, 0.25) is 0 Å². The molecule has 4 heterocycles. The summed E-state index contributed by atoms with van der Waals surface area (Å²) < 4.78 is 56.6. The van der Waals surface area contributed by atoms with Gasteiger partial charge in [-0.1, -0.05) is 12.1 Å². The smallest absolute Gasteiger partial charge is 0.427 e. The predicted octanol–water partition coefficient (Wildman–Crippen LogP) is 7.42. The molecule has 0 aliphatic rings. The van der Waals surface area contributed by atoms with Gasteiger partial charge in [-0.25, -0.2) is 32.3 Å². The zero-order chi connectivity index (χ0) is 35.2. The number of hydrogen-bond donors (Lipinski definition) is 0.